The smallest absolute Gasteiger partial charge is 0.325 e. The summed E-state index contributed by atoms with van der Waals surface area (Å²) in [5.41, 5.74) is 0.892. The van der Waals surface area contributed by atoms with E-state index in [9.17, 15) is 14.9 Å². The number of methoxy groups -OCH3 is 1. The molecular weight excluding hydrogens is 322 g/mol. The first-order valence-corrected chi connectivity index (χ1v) is 7.81. The van der Waals surface area contributed by atoms with Gasteiger partial charge < -0.3 is 14.8 Å². The number of fused-ring (bicyclic) bond motifs is 4. The Labute approximate surface area is 136 Å². The van der Waals surface area contributed by atoms with Gasteiger partial charge in [-0.2, -0.15) is 5.26 Å². The van der Waals surface area contributed by atoms with Crippen molar-refractivity contribution in [3.05, 3.63) is 10.6 Å². The highest BCUT2D eigenvalue weighted by molar-refractivity contribution is 7.16. The summed E-state index contributed by atoms with van der Waals surface area (Å²) in [5, 5.41) is 14.7. The third-order valence-corrected chi connectivity index (χ3v) is 4.85. The third-order valence-electron chi connectivity index (χ3n) is 3.73. The van der Waals surface area contributed by atoms with Gasteiger partial charge >= 0.3 is 12.0 Å². The summed E-state index contributed by atoms with van der Waals surface area (Å²) in [6, 6.07) is -0.680. The van der Waals surface area contributed by atoms with Crippen LogP contribution in [0.4, 0.5) is 9.93 Å². The molecule has 2 unspecified atom stereocenters. The van der Waals surface area contributed by atoms with Crippen molar-refractivity contribution in [2.24, 2.45) is 0 Å². The Balaban J connectivity index is 1.69. The van der Waals surface area contributed by atoms with Crippen LogP contribution in [0.2, 0.25) is 0 Å². The van der Waals surface area contributed by atoms with Crippen molar-refractivity contribution in [3.63, 3.8) is 0 Å². The number of ether oxygens (including phenoxy) is 2. The third kappa shape index (κ3) is 3.06. The van der Waals surface area contributed by atoms with Gasteiger partial charge in [0, 0.05) is 6.42 Å². The molecule has 0 radical (unpaired) electrons. The number of carbonyl (C=O) groups excluding carboxylic acids is 2. The van der Waals surface area contributed by atoms with Crippen molar-refractivity contribution < 1.29 is 19.1 Å². The first-order chi connectivity index (χ1) is 11.1. The Bertz CT molecular complexity index is 670. The molecule has 2 aliphatic rings. The van der Waals surface area contributed by atoms with Crippen molar-refractivity contribution in [2.75, 3.05) is 32.2 Å². The number of urea groups is 1. The average molecular weight is 337 g/mol. The summed E-state index contributed by atoms with van der Waals surface area (Å²) in [6.45, 7) is 0.727. The zero-order valence-electron chi connectivity index (χ0n) is 12.4. The molecular formula is C13H15N5O4S. The Kier molecular flexibility index (Phi) is 4.31. The van der Waals surface area contributed by atoms with E-state index in [1.54, 1.807) is 4.90 Å². The van der Waals surface area contributed by atoms with Gasteiger partial charge in [0.2, 0.25) is 0 Å². The molecule has 23 heavy (non-hydrogen) atoms. The lowest BCUT2D eigenvalue weighted by atomic mass is 9.97. The van der Waals surface area contributed by atoms with Crippen LogP contribution in [-0.4, -0.2) is 54.8 Å². The number of anilines is 1. The fourth-order valence-corrected chi connectivity index (χ4v) is 3.73. The molecule has 3 rings (SSSR count). The van der Waals surface area contributed by atoms with E-state index in [-0.39, 0.29) is 18.6 Å². The number of rotatable bonds is 3. The monoisotopic (exact) mass is 337 g/mol. The van der Waals surface area contributed by atoms with Gasteiger partial charge in [-0.1, -0.05) is 11.3 Å². The first kappa shape index (κ1) is 15.5. The van der Waals surface area contributed by atoms with E-state index < -0.39 is 12.0 Å². The van der Waals surface area contributed by atoms with E-state index in [1.165, 1.54) is 18.4 Å². The minimum atomic E-state index is -0.533. The zero-order chi connectivity index (χ0) is 16.4. The van der Waals surface area contributed by atoms with Gasteiger partial charge in [0.05, 0.1) is 43.0 Å². The summed E-state index contributed by atoms with van der Waals surface area (Å²) in [7, 11) is 1.25. The number of hydrogen-bond donors (Lipinski definition) is 2. The second-order valence-electron chi connectivity index (χ2n) is 5.13. The predicted octanol–water partition coefficient (Wildman–Crippen LogP) is 0.217. The zero-order valence-corrected chi connectivity index (χ0v) is 13.2. The molecule has 1 aromatic heterocycles. The molecule has 9 nitrogen and oxygen atoms in total. The highest BCUT2D eigenvalue weighted by Gasteiger charge is 2.40. The van der Waals surface area contributed by atoms with E-state index in [1.807, 2.05) is 0 Å². The number of nitrogens with zero attached hydrogens (tertiary/aromatic N) is 3. The summed E-state index contributed by atoms with van der Waals surface area (Å²) < 4.78 is 9.97. The van der Waals surface area contributed by atoms with Gasteiger partial charge in [-0.25, -0.2) is 9.78 Å². The second kappa shape index (κ2) is 6.39. The maximum absolute atomic E-state index is 11.7. The molecule has 1 fully saturated rings. The van der Waals surface area contributed by atoms with Crippen molar-refractivity contribution in [2.45, 2.75) is 18.5 Å². The maximum atomic E-state index is 11.7. The Morgan fingerprint density at radius 1 is 1.57 bits per heavy atom. The molecule has 122 valence electrons. The lowest BCUT2D eigenvalue weighted by molar-refractivity contribution is -0.139. The molecule has 2 amide bonds. The fraction of sp³-hybridized carbons (Fsp3) is 0.538. The minimum absolute atomic E-state index is 0.00523. The molecule has 2 aliphatic heterocycles. The van der Waals surface area contributed by atoms with Gasteiger partial charge in [0.15, 0.2) is 11.3 Å². The van der Waals surface area contributed by atoms with E-state index in [2.05, 4.69) is 26.5 Å². The highest BCUT2D eigenvalue weighted by Crippen LogP contribution is 2.40. The SMILES string of the molecule is COC(=O)CNC(=O)Nc1nc2c(s1)C1COCC(C2)N1C#N. The summed E-state index contributed by atoms with van der Waals surface area (Å²) in [4.78, 5) is 29.8. The molecule has 2 atom stereocenters. The highest BCUT2D eigenvalue weighted by atomic mass is 32.1. The van der Waals surface area contributed by atoms with Gasteiger partial charge in [0.1, 0.15) is 6.54 Å². The number of thiazole rings is 1. The number of hydrogen-bond acceptors (Lipinski definition) is 8. The Hall–Kier alpha value is -2.38. The molecule has 1 aromatic rings. The number of carbonyl (C=O) groups is 2. The van der Waals surface area contributed by atoms with E-state index in [4.69, 9.17) is 4.74 Å². The lowest BCUT2D eigenvalue weighted by Crippen LogP contribution is -2.48. The molecule has 0 saturated carbocycles. The Morgan fingerprint density at radius 2 is 2.39 bits per heavy atom. The van der Waals surface area contributed by atoms with Crippen LogP contribution in [0.3, 0.4) is 0 Å². The molecule has 3 heterocycles. The quantitative estimate of drug-likeness (QED) is 0.598. The van der Waals surface area contributed by atoms with Crippen LogP contribution in [0.5, 0.6) is 0 Å². The van der Waals surface area contributed by atoms with Crippen LogP contribution >= 0.6 is 11.3 Å². The van der Waals surface area contributed by atoms with Crippen LogP contribution in [0.15, 0.2) is 0 Å². The van der Waals surface area contributed by atoms with Crippen LogP contribution in [0.1, 0.15) is 16.6 Å². The van der Waals surface area contributed by atoms with Crippen molar-refractivity contribution in [1.29, 1.82) is 5.26 Å². The van der Waals surface area contributed by atoms with E-state index >= 15 is 0 Å². The normalized spacial score (nSPS) is 21.8. The summed E-state index contributed by atoms with van der Waals surface area (Å²) in [6.07, 6.45) is 2.83. The number of nitrogens with one attached hydrogen (secondary N) is 2. The van der Waals surface area contributed by atoms with Crippen LogP contribution < -0.4 is 10.6 Å². The van der Waals surface area contributed by atoms with Gasteiger partial charge in [0.25, 0.3) is 0 Å². The lowest BCUT2D eigenvalue weighted by Gasteiger charge is -2.41. The maximum Gasteiger partial charge on any atom is 0.325 e. The molecule has 2 N–H and O–H groups in total. The van der Waals surface area contributed by atoms with Crippen molar-refractivity contribution in [1.82, 2.24) is 15.2 Å². The van der Waals surface area contributed by atoms with Crippen molar-refractivity contribution >= 4 is 28.5 Å². The summed E-state index contributed by atoms with van der Waals surface area (Å²) in [5.74, 6) is -0.533. The molecule has 10 heteroatoms. The molecule has 1 saturated heterocycles. The first-order valence-electron chi connectivity index (χ1n) is 6.99. The van der Waals surface area contributed by atoms with E-state index in [0.29, 0.717) is 24.8 Å². The standard InChI is InChI=1S/C13H15N5O4S/c1-21-10(19)3-15-12(20)17-13-16-8-2-7-4-22-5-9(11(8)23-13)18(7)6-14/h7,9H,2-5H2,1H3,(H2,15,16,17,20). The Morgan fingerprint density at radius 3 is 3.13 bits per heavy atom. The fourth-order valence-electron chi connectivity index (χ4n) is 2.65. The largest absolute Gasteiger partial charge is 0.468 e. The minimum Gasteiger partial charge on any atom is -0.468 e. The van der Waals surface area contributed by atoms with Crippen molar-refractivity contribution in [3.8, 4) is 6.19 Å². The average Bonchev–Trinajstić information content (AvgIpc) is 2.93. The number of nitriles is 1. The van der Waals surface area contributed by atoms with Crippen LogP contribution in [-0.2, 0) is 20.7 Å². The van der Waals surface area contributed by atoms with Gasteiger partial charge in [-0.15, -0.1) is 0 Å². The predicted molar refractivity (Wildman–Crippen MR) is 79.7 cm³/mol. The second-order valence-corrected chi connectivity index (χ2v) is 6.16. The number of amides is 2. The number of esters is 1. The van der Waals surface area contributed by atoms with Gasteiger partial charge in [-0.3, -0.25) is 15.0 Å². The summed E-state index contributed by atoms with van der Waals surface area (Å²) >= 11 is 1.32. The van der Waals surface area contributed by atoms with E-state index in [0.717, 1.165) is 10.6 Å². The molecule has 0 aromatic carbocycles. The van der Waals surface area contributed by atoms with Crippen LogP contribution in [0.25, 0.3) is 0 Å². The molecule has 0 aliphatic carbocycles. The molecule has 0 spiro atoms. The molecule has 2 bridgehead atoms. The topological polar surface area (TPSA) is 117 Å². The number of aromatic nitrogens is 1. The van der Waals surface area contributed by atoms with Gasteiger partial charge in [-0.05, 0) is 0 Å². The number of morpholine rings is 1. The van der Waals surface area contributed by atoms with Crippen LogP contribution in [0, 0.1) is 11.5 Å².